The normalized spacial score (nSPS) is 13.5. The summed E-state index contributed by atoms with van der Waals surface area (Å²) in [7, 11) is 0. The van der Waals surface area contributed by atoms with E-state index >= 15 is 0 Å². The van der Waals surface area contributed by atoms with Gasteiger partial charge in [-0.15, -0.1) is 0 Å². The number of halogens is 3. The van der Waals surface area contributed by atoms with Gasteiger partial charge in [0.2, 0.25) is 0 Å². The number of hydrogen-bond donors (Lipinski definition) is 2. The van der Waals surface area contributed by atoms with Crippen molar-refractivity contribution in [2.24, 2.45) is 0 Å². The number of amides is 1. The predicted molar refractivity (Wildman–Crippen MR) is 125 cm³/mol. The maximum atomic E-state index is 13.3. The van der Waals surface area contributed by atoms with Gasteiger partial charge in [-0.3, -0.25) is 10.1 Å². The highest BCUT2D eigenvalue weighted by molar-refractivity contribution is 7.80. The zero-order valence-corrected chi connectivity index (χ0v) is 19.2. The van der Waals surface area contributed by atoms with Crippen molar-refractivity contribution >= 4 is 34.6 Å². The molecule has 3 rings (SSSR count). The number of alkyl halides is 3. The van der Waals surface area contributed by atoms with Crippen molar-refractivity contribution in [1.82, 2.24) is 5.32 Å². The zero-order chi connectivity index (χ0) is 24.0. The molecule has 1 fully saturated rings. The average molecular weight is 482 g/mol. The van der Waals surface area contributed by atoms with Crippen molar-refractivity contribution in [2.45, 2.75) is 32.9 Å². The molecule has 6 nitrogen and oxygen atoms in total. The summed E-state index contributed by atoms with van der Waals surface area (Å²) in [5.74, 6) is 0.382. The van der Waals surface area contributed by atoms with Gasteiger partial charge >= 0.3 is 6.18 Å². The molecular weight excluding hydrogens is 455 g/mol. The van der Waals surface area contributed by atoms with E-state index in [-0.39, 0.29) is 16.4 Å². The first-order valence-corrected chi connectivity index (χ1v) is 11.1. The molecule has 0 atom stereocenters. The van der Waals surface area contributed by atoms with Gasteiger partial charge in [0.05, 0.1) is 30.2 Å². The molecule has 1 aliphatic heterocycles. The van der Waals surface area contributed by atoms with E-state index < -0.39 is 17.6 Å². The van der Waals surface area contributed by atoms with E-state index in [0.29, 0.717) is 30.4 Å². The Labute approximate surface area is 196 Å². The molecule has 0 spiro atoms. The lowest BCUT2D eigenvalue weighted by Gasteiger charge is -2.23. The monoisotopic (exact) mass is 481 g/mol. The van der Waals surface area contributed by atoms with Crippen LogP contribution in [0.5, 0.6) is 11.5 Å². The largest absolute Gasteiger partial charge is 0.494 e. The molecule has 2 aromatic carbocycles. The Morgan fingerprint density at radius 1 is 1.03 bits per heavy atom. The van der Waals surface area contributed by atoms with Crippen LogP contribution in [0.15, 0.2) is 36.4 Å². The van der Waals surface area contributed by atoms with E-state index in [9.17, 15) is 18.0 Å². The van der Waals surface area contributed by atoms with Crippen molar-refractivity contribution in [2.75, 3.05) is 36.5 Å². The molecule has 2 aromatic rings. The standard InChI is InChI=1S/C23H26F3N3O3S/c1-3-31-17-11-15(12-18(14-17)32-4-2)21(30)28-22(33)27-19-13-16(23(24,25)26)7-8-20(19)29-9-5-6-10-29/h7-8,11-14H,3-6,9-10H2,1-2H3,(H2,27,28,30,33). The number of nitrogens with one attached hydrogen (secondary N) is 2. The van der Waals surface area contributed by atoms with Crippen LogP contribution in [0.1, 0.15) is 42.6 Å². The molecule has 1 heterocycles. The van der Waals surface area contributed by atoms with Crippen LogP contribution in [0.3, 0.4) is 0 Å². The van der Waals surface area contributed by atoms with Crippen LogP contribution in [0.2, 0.25) is 0 Å². The van der Waals surface area contributed by atoms with Crippen LogP contribution in [0.25, 0.3) is 0 Å². The molecule has 33 heavy (non-hydrogen) atoms. The van der Waals surface area contributed by atoms with Gasteiger partial charge < -0.3 is 19.7 Å². The smallest absolute Gasteiger partial charge is 0.416 e. The minimum atomic E-state index is -4.50. The lowest BCUT2D eigenvalue weighted by atomic mass is 10.1. The second-order valence-electron chi connectivity index (χ2n) is 7.39. The number of ether oxygens (including phenoxy) is 2. The molecule has 0 aromatic heterocycles. The third kappa shape index (κ3) is 6.50. The van der Waals surface area contributed by atoms with Gasteiger partial charge in [0, 0.05) is 24.7 Å². The predicted octanol–water partition coefficient (Wildman–Crippen LogP) is 5.23. The molecule has 0 unspecified atom stereocenters. The number of carbonyl (C=O) groups excluding carboxylic acids is 1. The number of carbonyl (C=O) groups is 1. The van der Waals surface area contributed by atoms with Crippen LogP contribution >= 0.6 is 12.2 Å². The molecule has 1 aliphatic rings. The third-order valence-electron chi connectivity index (χ3n) is 5.01. The maximum absolute atomic E-state index is 13.3. The molecule has 2 N–H and O–H groups in total. The van der Waals surface area contributed by atoms with E-state index in [1.165, 1.54) is 6.07 Å². The van der Waals surface area contributed by atoms with E-state index in [4.69, 9.17) is 21.7 Å². The first kappa shape index (κ1) is 24.6. The summed E-state index contributed by atoms with van der Waals surface area (Å²) in [6.45, 7) is 5.93. The fraction of sp³-hybridized carbons (Fsp3) is 0.391. The van der Waals surface area contributed by atoms with Crippen LogP contribution in [-0.4, -0.2) is 37.3 Å². The Balaban J connectivity index is 1.80. The van der Waals surface area contributed by atoms with E-state index in [0.717, 1.165) is 38.1 Å². The quantitative estimate of drug-likeness (QED) is 0.528. The number of benzene rings is 2. The Kier molecular flexibility index (Phi) is 8.01. The Hall–Kier alpha value is -3.01. The Bertz CT molecular complexity index is 984. The van der Waals surface area contributed by atoms with Crippen LogP contribution in [0.4, 0.5) is 24.5 Å². The fourth-order valence-electron chi connectivity index (χ4n) is 3.58. The molecule has 1 amide bonds. The lowest BCUT2D eigenvalue weighted by molar-refractivity contribution is -0.137. The number of anilines is 2. The molecule has 178 valence electrons. The zero-order valence-electron chi connectivity index (χ0n) is 18.4. The van der Waals surface area contributed by atoms with Gasteiger partial charge in [-0.05, 0) is 69.2 Å². The molecular formula is C23H26F3N3O3S. The highest BCUT2D eigenvalue weighted by atomic mass is 32.1. The molecule has 0 radical (unpaired) electrons. The highest BCUT2D eigenvalue weighted by Gasteiger charge is 2.32. The van der Waals surface area contributed by atoms with Crippen molar-refractivity contribution < 1.29 is 27.4 Å². The SMILES string of the molecule is CCOc1cc(OCC)cc(C(=O)NC(=S)Nc2cc(C(F)(F)F)ccc2N2CCCC2)c1. The molecule has 0 bridgehead atoms. The fourth-order valence-corrected chi connectivity index (χ4v) is 3.78. The number of thiocarbonyl (C=S) groups is 1. The Morgan fingerprint density at radius 2 is 1.64 bits per heavy atom. The van der Waals surface area contributed by atoms with Crippen LogP contribution in [-0.2, 0) is 6.18 Å². The van der Waals surface area contributed by atoms with Crippen LogP contribution in [0, 0.1) is 0 Å². The summed E-state index contributed by atoms with van der Waals surface area (Å²) in [5, 5.41) is 5.19. The summed E-state index contributed by atoms with van der Waals surface area (Å²) in [5.41, 5.74) is 0.245. The molecule has 0 saturated carbocycles. The first-order valence-electron chi connectivity index (χ1n) is 10.7. The Morgan fingerprint density at radius 3 is 2.18 bits per heavy atom. The highest BCUT2D eigenvalue weighted by Crippen LogP contribution is 2.36. The van der Waals surface area contributed by atoms with E-state index in [1.54, 1.807) is 18.2 Å². The van der Waals surface area contributed by atoms with Gasteiger partial charge in [-0.1, -0.05) is 0 Å². The summed E-state index contributed by atoms with van der Waals surface area (Å²) < 4.78 is 50.8. The minimum absolute atomic E-state index is 0.112. The van der Waals surface area contributed by atoms with E-state index in [2.05, 4.69) is 10.6 Å². The van der Waals surface area contributed by atoms with Crippen molar-refractivity contribution in [3.8, 4) is 11.5 Å². The van der Waals surface area contributed by atoms with Crippen molar-refractivity contribution in [3.05, 3.63) is 47.5 Å². The van der Waals surface area contributed by atoms with Crippen LogP contribution < -0.4 is 25.0 Å². The van der Waals surface area contributed by atoms with Gasteiger partial charge in [-0.25, -0.2) is 0 Å². The summed E-state index contributed by atoms with van der Waals surface area (Å²) in [6.07, 6.45) is -2.58. The average Bonchev–Trinajstić information content (AvgIpc) is 3.28. The van der Waals surface area contributed by atoms with Crippen molar-refractivity contribution in [1.29, 1.82) is 0 Å². The molecule has 1 saturated heterocycles. The summed E-state index contributed by atoms with van der Waals surface area (Å²) in [4.78, 5) is 14.8. The van der Waals surface area contributed by atoms with Gasteiger partial charge in [0.1, 0.15) is 11.5 Å². The molecule has 10 heteroatoms. The summed E-state index contributed by atoms with van der Waals surface area (Å²) in [6, 6.07) is 8.25. The topological polar surface area (TPSA) is 62.8 Å². The van der Waals surface area contributed by atoms with E-state index in [1.807, 2.05) is 18.7 Å². The van der Waals surface area contributed by atoms with Gasteiger partial charge in [-0.2, -0.15) is 13.2 Å². The second-order valence-corrected chi connectivity index (χ2v) is 7.80. The lowest BCUT2D eigenvalue weighted by Crippen LogP contribution is -2.34. The minimum Gasteiger partial charge on any atom is -0.494 e. The number of nitrogens with zero attached hydrogens (tertiary/aromatic N) is 1. The number of rotatable bonds is 7. The molecule has 0 aliphatic carbocycles. The summed E-state index contributed by atoms with van der Waals surface area (Å²) >= 11 is 5.25. The van der Waals surface area contributed by atoms with Gasteiger partial charge in [0.25, 0.3) is 5.91 Å². The number of hydrogen-bond acceptors (Lipinski definition) is 5. The van der Waals surface area contributed by atoms with Crippen molar-refractivity contribution in [3.63, 3.8) is 0 Å². The third-order valence-corrected chi connectivity index (χ3v) is 5.21. The first-order chi connectivity index (χ1) is 15.7. The van der Waals surface area contributed by atoms with Gasteiger partial charge in [0.15, 0.2) is 5.11 Å². The second kappa shape index (κ2) is 10.7. The maximum Gasteiger partial charge on any atom is 0.416 e.